The van der Waals surface area contributed by atoms with Gasteiger partial charge in [-0.15, -0.1) is 0 Å². The lowest BCUT2D eigenvalue weighted by Gasteiger charge is -2.06. The van der Waals surface area contributed by atoms with Crippen molar-refractivity contribution in [2.24, 2.45) is 0 Å². The molecule has 0 aliphatic carbocycles. The van der Waals surface area contributed by atoms with E-state index in [1.165, 1.54) is 0 Å². The number of nitrogen functional groups attached to an aromatic ring is 1. The van der Waals surface area contributed by atoms with Gasteiger partial charge in [0.15, 0.2) is 0 Å². The Morgan fingerprint density at radius 2 is 1.71 bits per heavy atom. The van der Waals surface area contributed by atoms with Crippen LogP contribution >= 0.6 is 0 Å². The highest BCUT2D eigenvalue weighted by Gasteiger charge is 2.16. The van der Waals surface area contributed by atoms with Gasteiger partial charge in [-0.05, 0) is 30.3 Å². The maximum Gasteiger partial charge on any atom is 0.261 e. The number of hydrogen-bond acceptors (Lipinski definition) is 5. The number of nitrogens with one attached hydrogen (secondary N) is 2. The van der Waals surface area contributed by atoms with Gasteiger partial charge in [0.1, 0.15) is 22.9 Å². The summed E-state index contributed by atoms with van der Waals surface area (Å²) in [6.45, 7) is 0. The molecule has 7 nitrogen and oxygen atoms in total. The first kappa shape index (κ1) is 16.1. The average molecular weight is 369 g/mol. The largest absolute Gasteiger partial charge is 0.457 e. The molecule has 28 heavy (non-hydrogen) atoms. The van der Waals surface area contributed by atoms with Crippen LogP contribution in [0.5, 0.6) is 11.5 Å². The highest BCUT2D eigenvalue weighted by Crippen LogP contribution is 2.30. The zero-order valence-electron chi connectivity index (χ0n) is 14.6. The Hall–Kier alpha value is -4.13. The molecule has 0 spiro atoms. The molecule has 0 bridgehead atoms. The van der Waals surface area contributed by atoms with Crippen molar-refractivity contribution in [3.63, 3.8) is 0 Å². The predicted octanol–water partition coefficient (Wildman–Crippen LogP) is 3.84. The number of benzene rings is 2. The maximum atomic E-state index is 12.6. The summed E-state index contributed by atoms with van der Waals surface area (Å²) in [6, 6.07) is 16.4. The minimum atomic E-state index is -0.288. The van der Waals surface area contributed by atoms with Gasteiger partial charge in [-0.3, -0.25) is 9.78 Å². The molecule has 5 rings (SSSR count). The van der Waals surface area contributed by atoms with Crippen LogP contribution in [0.15, 0.2) is 71.8 Å². The first-order valence-corrected chi connectivity index (χ1v) is 8.67. The maximum absolute atomic E-state index is 12.6. The second-order valence-corrected chi connectivity index (χ2v) is 6.34. The molecule has 3 heterocycles. The predicted molar refractivity (Wildman–Crippen MR) is 108 cm³/mol. The van der Waals surface area contributed by atoms with Crippen LogP contribution in [0.25, 0.3) is 33.3 Å². The summed E-state index contributed by atoms with van der Waals surface area (Å²) < 4.78 is 5.83. The van der Waals surface area contributed by atoms with Gasteiger partial charge < -0.3 is 20.4 Å². The Kier molecular flexibility index (Phi) is 3.58. The third-order valence-corrected chi connectivity index (χ3v) is 4.54. The molecule has 3 aromatic heterocycles. The monoisotopic (exact) mass is 369 g/mol. The number of H-pyrrole nitrogens is 2. The molecule has 7 heteroatoms. The molecule has 0 fully saturated rings. The number of pyridine rings is 2. The lowest BCUT2D eigenvalue weighted by Crippen LogP contribution is -2.13. The molecule has 0 aliphatic rings. The van der Waals surface area contributed by atoms with Crippen LogP contribution in [0, 0.1) is 0 Å². The van der Waals surface area contributed by atoms with Crippen molar-refractivity contribution < 1.29 is 4.74 Å². The topological polar surface area (TPSA) is 110 Å². The van der Waals surface area contributed by atoms with Crippen LogP contribution in [-0.2, 0) is 0 Å². The van der Waals surface area contributed by atoms with Gasteiger partial charge in [0.25, 0.3) is 5.56 Å². The number of para-hydroxylation sites is 1. The normalized spacial score (nSPS) is 11.1. The summed E-state index contributed by atoms with van der Waals surface area (Å²) in [4.78, 5) is 27.2. The summed E-state index contributed by atoms with van der Waals surface area (Å²) in [5.41, 5.74) is 8.88. The van der Waals surface area contributed by atoms with Gasteiger partial charge in [-0.2, -0.15) is 0 Å². The standard InChI is InChI=1S/C21H15N5O2/c22-19-14-3-1-2-4-15(14)26-21(27)18(19)20-24-16-6-5-13(11-17(16)25-20)28-12-7-9-23-10-8-12/h1-11H,(H,24,25)(H3,22,26,27). The second-order valence-electron chi connectivity index (χ2n) is 6.34. The molecule has 0 saturated carbocycles. The Morgan fingerprint density at radius 1 is 0.893 bits per heavy atom. The minimum Gasteiger partial charge on any atom is -0.457 e. The van der Waals surface area contributed by atoms with Gasteiger partial charge in [-0.1, -0.05) is 18.2 Å². The quantitative estimate of drug-likeness (QED) is 0.448. The summed E-state index contributed by atoms with van der Waals surface area (Å²) >= 11 is 0. The number of imidazole rings is 1. The van der Waals surface area contributed by atoms with E-state index in [0.29, 0.717) is 39.6 Å². The van der Waals surface area contributed by atoms with E-state index in [1.807, 2.05) is 42.5 Å². The van der Waals surface area contributed by atoms with Crippen LogP contribution in [0.4, 0.5) is 5.69 Å². The van der Waals surface area contributed by atoms with Gasteiger partial charge in [0.2, 0.25) is 0 Å². The van der Waals surface area contributed by atoms with Crippen molar-refractivity contribution in [1.82, 2.24) is 19.9 Å². The van der Waals surface area contributed by atoms with E-state index < -0.39 is 0 Å². The zero-order chi connectivity index (χ0) is 19.1. The average Bonchev–Trinajstić information content (AvgIpc) is 3.11. The molecule has 0 radical (unpaired) electrons. The molecule has 0 amide bonds. The number of anilines is 1. The second kappa shape index (κ2) is 6.24. The number of fused-ring (bicyclic) bond motifs is 2. The third-order valence-electron chi connectivity index (χ3n) is 4.54. The summed E-state index contributed by atoms with van der Waals surface area (Å²) in [7, 11) is 0. The molecule has 0 unspecified atom stereocenters. The third kappa shape index (κ3) is 2.66. The van der Waals surface area contributed by atoms with Crippen LogP contribution in [-0.4, -0.2) is 19.9 Å². The number of nitrogens with two attached hydrogens (primary N) is 1. The summed E-state index contributed by atoms with van der Waals surface area (Å²) in [5.74, 6) is 1.75. The smallest absolute Gasteiger partial charge is 0.261 e. The first-order chi connectivity index (χ1) is 13.7. The van der Waals surface area contributed by atoms with Crippen molar-refractivity contribution in [2.45, 2.75) is 0 Å². The molecule has 4 N–H and O–H groups in total. The van der Waals surface area contributed by atoms with Crippen molar-refractivity contribution >= 4 is 27.6 Å². The lowest BCUT2D eigenvalue weighted by molar-refractivity contribution is 0.482. The number of ether oxygens (including phenoxy) is 1. The Bertz CT molecular complexity index is 1370. The molecule has 0 saturated heterocycles. The molecule has 0 aliphatic heterocycles. The lowest BCUT2D eigenvalue weighted by atomic mass is 10.1. The molecular formula is C21H15N5O2. The van der Waals surface area contributed by atoms with Crippen LogP contribution in [0.2, 0.25) is 0 Å². The van der Waals surface area contributed by atoms with E-state index in [9.17, 15) is 4.79 Å². The Labute approximate surface area is 158 Å². The highest BCUT2D eigenvalue weighted by atomic mass is 16.5. The number of aromatic amines is 2. The van der Waals surface area contributed by atoms with Gasteiger partial charge in [-0.25, -0.2) is 4.98 Å². The number of hydrogen-bond donors (Lipinski definition) is 3. The molecule has 136 valence electrons. The fourth-order valence-electron chi connectivity index (χ4n) is 3.22. The van der Waals surface area contributed by atoms with Gasteiger partial charge in [0.05, 0.1) is 22.2 Å². The van der Waals surface area contributed by atoms with E-state index in [1.54, 1.807) is 24.5 Å². The fourth-order valence-corrected chi connectivity index (χ4v) is 3.22. The molecular weight excluding hydrogens is 354 g/mol. The Balaban J connectivity index is 1.61. The van der Waals surface area contributed by atoms with Crippen LogP contribution < -0.4 is 16.0 Å². The SMILES string of the molecule is Nc1c(-c2nc3ccc(Oc4ccncc4)cc3[nH]2)c(=O)[nH]c2ccccc12. The summed E-state index contributed by atoms with van der Waals surface area (Å²) in [6.07, 6.45) is 3.33. The number of rotatable bonds is 3. The zero-order valence-corrected chi connectivity index (χ0v) is 14.6. The van der Waals surface area contributed by atoms with Crippen LogP contribution in [0.3, 0.4) is 0 Å². The minimum absolute atomic E-state index is 0.288. The molecule has 2 aromatic carbocycles. The van der Waals surface area contributed by atoms with E-state index in [4.69, 9.17) is 10.5 Å². The fraction of sp³-hybridized carbons (Fsp3) is 0. The highest BCUT2D eigenvalue weighted by molar-refractivity contribution is 5.97. The van der Waals surface area contributed by atoms with Crippen molar-refractivity contribution in [2.75, 3.05) is 5.73 Å². The Morgan fingerprint density at radius 3 is 2.57 bits per heavy atom. The van der Waals surface area contributed by atoms with E-state index in [0.717, 1.165) is 10.9 Å². The van der Waals surface area contributed by atoms with E-state index in [2.05, 4.69) is 19.9 Å². The van der Waals surface area contributed by atoms with Gasteiger partial charge in [0, 0.05) is 23.8 Å². The van der Waals surface area contributed by atoms with Crippen molar-refractivity contribution in [3.8, 4) is 22.9 Å². The number of aromatic nitrogens is 4. The molecule has 5 aromatic rings. The summed E-state index contributed by atoms with van der Waals surface area (Å²) in [5, 5.41) is 0.777. The van der Waals surface area contributed by atoms with E-state index >= 15 is 0 Å². The first-order valence-electron chi connectivity index (χ1n) is 8.67. The number of nitrogens with zero attached hydrogens (tertiary/aromatic N) is 2. The van der Waals surface area contributed by atoms with Crippen LogP contribution in [0.1, 0.15) is 0 Å². The van der Waals surface area contributed by atoms with E-state index in [-0.39, 0.29) is 5.56 Å². The van der Waals surface area contributed by atoms with Crippen molar-refractivity contribution in [1.29, 1.82) is 0 Å². The van der Waals surface area contributed by atoms with Crippen molar-refractivity contribution in [3.05, 3.63) is 77.3 Å². The van der Waals surface area contributed by atoms with Gasteiger partial charge >= 0.3 is 0 Å². The molecule has 0 atom stereocenters.